The van der Waals surface area contributed by atoms with E-state index in [9.17, 15) is 9.90 Å². The molecule has 204 valence electrons. The number of hydrogen-bond acceptors (Lipinski definition) is 4. The number of carbonyl (C=O) groups excluding carboxylic acids is 1. The van der Waals surface area contributed by atoms with Crippen LogP contribution in [0.3, 0.4) is 0 Å². The highest BCUT2D eigenvalue weighted by molar-refractivity contribution is 8.19. The Kier molecular flexibility index (Phi) is 8.01. The van der Waals surface area contributed by atoms with Crippen molar-refractivity contribution in [3.63, 3.8) is 0 Å². The molecule has 1 amide bonds. The van der Waals surface area contributed by atoms with Gasteiger partial charge in [0.15, 0.2) is 5.17 Å². The highest BCUT2D eigenvalue weighted by Crippen LogP contribution is 2.42. The largest absolute Gasteiger partial charge is 0.507 e. The zero-order valence-corrected chi connectivity index (χ0v) is 25.9. The van der Waals surface area contributed by atoms with Gasteiger partial charge in [0.25, 0.3) is 5.91 Å². The Balaban J connectivity index is 1.88. The number of aliphatic imine (C=N–C) groups is 1. The second-order valence-corrected chi connectivity index (χ2v) is 13.8. The van der Waals surface area contributed by atoms with Crippen LogP contribution in [0.4, 0.5) is 11.4 Å². The third-order valence-corrected chi connectivity index (χ3v) is 8.43. The lowest BCUT2D eigenvalue weighted by Gasteiger charge is -2.28. The van der Waals surface area contributed by atoms with Crippen molar-refractivity contribution < 1.29 is 9.90 Å². The molecule has 0 aromatic heterocycles. The minimum absolute atomic E-state index is 0.195. The van der Waals surface area contributed by atoms with Crippen molar-refractivity contribution in [3.8, 4) is 5.75 Å². The highest BCUT2D eigenvalue weighted by Gasteiger charge is 2.35. The normalized spacial score (nSPS) is 16.6. The lowest BCUT2D eigenvalue weighted by Crippen LogP contribution is -2.28. The van der Waals surface area contributed by atoms with Gasteiger partial charge >= 0.3 is 0 Å². The number of phenolic OH excluding ortho intramolecular Hbond substituents is 1. The Hall–Kier alpha value is -2.73. The average Bonchev–Trinajstić information content (AvgIpc) is 3.12. The van der Waals surface area contributed by atoms with Gasteiger partial charge in [-0.25, -0.2) is 4.99 Å². The Labute approximate surface area is 245 Å². The molecule has 1 heterocycles. The van der Waals surface area contributed by atoms with Crippen LogP contribution in [0.1, 0.15) is 69.4 Å². The van der Waals surface area contributed by atoms with Crippen molar-refractivity contribution in [2.45, 2.75) is 66.2 Å². The summed E-state index contributed by atoms with van der Waals surface area (Å²) in [5.74, 6) is 0.108. The zero-order chi connectivity index (χ0) is 28.9. The summed E-state index contributed by atoms with van der Waals surface area (Å²) in [6.45, 7) is 16.3. The molecule has 1 fully saturated rings. The van der Waals surface area contributed by atoms with Crippen LogP contribution in [0.2, 0.25) is 10.0 Å². The quantitative estimate of drug-likeness (QED) is 0.313. The van der Waals surface area contributed by atoms with Gasteiger partial charge in [-0.15, -0.1) is 0 Å². The van der Waals surface area contributed by atoms with Gasteiger partial charge in [-0.3, -0.25) is 9.69 Å². The summed E-state index contributed by atoms with van der Waals surface area (Å²) in [7, 11) is 0. The number of hydrogen-bond donors (Lipinski definition) is 1. The Morgan fingerprint density at radius 1 is 0.846 bits per heavy atom. The number of anilines is 1. The summed E-state index contributed by atoms with van der Waals surface area (Å²) in [6, 6.07) is 15.1. The Morgan fingerprint density at radius 2 is 1.38 bits per heavy atom. The number of aromatic hydroxyl groups is 1. The van der Waals surface area contributed by atoms with E-state index < -0.39 is 0 Å². The fourth-order valence-electron chi connectivity index (χ4n) is 4.29. The third kappa shape index (κ3) is 6.21. The van der Waals surface area contributed by atoms with Crippen LogP contribution in [0.15, 0.2) is 58.4 Å². The van der Waals surface area contributed by atoms with Gasteiger partial charge in [-0.2, -0.15) is 0 Å². The first-order valence-corrected chi connectivity index (χ1v) is 14.4. The number of thioether (sulfide) groups is 1. The summed E-state index contributed by atoms with van der Waals surface area (Å²) < 4.78 is 0. The Morgan fingerprint density at radius 3 is 1.90 bits per heavy atom. The van der Waals surface area contributed by atoms with Crippen LogP contribution >= 0.6 is 35.0 Å². The molecule has 1 aliphatic heterocycles. The van der Waals surface area contributed by atoms with E-state index in [2.05, 4.69) is 41.5 Å². The van der Waals surface area contributed by atoms with E-state index in [-0.39, 0.29) is 16.7 Å². The molecule has 0 bridgehead atoms. The van der Waals surface area contributed by atoms with Gasteiger partial charge in [-0.05, 0) is 95.6 Å². The number of rotatable bonds is 3. The molecule has 4 nitrogen and oxygen atoms in total. The van der Waals surface area contributed by atoms with Gasteiger partial charge in [0, 0.05) is 21.2 Å². The molecule has 0 spiro atoms. The van der Waals surface area contributed by atoms with Gasteiger partial charge in [0.05, 0.1) is 16.3 Å². The van der Waals surface area contributed by atoms with Gasteiger partial charge in [-0.1, -0.05) is 76.9 Å². The predicted octanol–water partition coefficient (Wildman–Crippen LogP) is 9.72. The molecule has 1 N–H and O–H groups in total. The number of phenols is 1. The molecule has 0 atom stereocenters. The monoisotopic (exact) mass is 580 g/mol. The third-order valence-electron chi connectivity index (χ3n) is 6.65. The van der Waals surface area contributed by atoms with E-state index in [1.807, 2.05) is 56.3 Å². The van der Waals surface area contributed by atoms with Crippen molar-refractivity contribution in [1.82, 2.24) is 0 Å². The highest BCUT2D eigenvalue weighted by atomic mass is 35.5. The number of carbonyl (C=O) groups is 1. The smallest absolute Gasteiger partial charge is 0.271 e. The molecule has 1 aliphatic rings. The fourth-order valence-corrected chi connectivity index (χ4v) is 5.64. The van der Waals surface area contributed by atoms with Crippen LogP contribution in [-0.2, 0) is 15.6 Å². The molecule has 7 heteroatoms. The summed E-state index contributed by atoms with van der Waals surface area (Å²) >= 11 is 14.1. The Bertz CT molecular complexity index is 1490. The van der Waals surface area contributed by atoms with Crippen LogP contribution in [0.25, 0.3) is 6.08 Å². The lowest BCUT2D eigenvalue weighted by atomic mass is 9.78. The van der Waals surface area contributed by atoms with Crippen molar-refractivity contribution in [3.05, 3.63) is 91.3 Å². The summed E-state index contributed by atoms with van der Waals surface area (Å²) in [4.78, 5) is 20.8. The first-order valence-electron chi connectivity index (χ1n) is 12.8. The van der Waals surface area contributed by atoms with E-state index in [0.29, 0.717) is 37.2 Å². The van der Waals surface area contributed by atoms with Crippen LogP contribution in [-0.4, -0.2) is 16.2 Å². The molecule has 0 radical (unpaired) electrons. The SMILES string of the molecule is Cc1ccc(N=C2S/C(=C\c3cc(C(C)(C)C)c(O)c(C(C)(C)C)c3)C(=O)N2c2ccc(C)c(Cl)c2)cc1Cl. The number of aryl methyl sites for hydroxylation is 2. The molecule has 3 aromatic rings. The molecule has 3 aromatic carbocycles. The number of halogens is 2. The molecule has 39 heavy (non-hydrogen) atoms. The standard InChI is InChI=1S/C32H34Cl2N2O2S/c1-18-9-11-21(16-25(18)33)35-30-36(22-12-10-19(2)26(34)17-22)29(38)27(39-30)15-20-13-23(31(3,4)5)28(37)24(14-20)32(6,7)8/h9-17,37H,1-8H3/b27-15-,35-30?. The van der Waals surface area contributed by atoms with E-state index in [0.717, 1.165) is 27.8 Å². The van der Waals surface area contributed by atoms with Crippen molar-refractivity contribution in [2.75, 3.05) is 4.90 Å². The maximum absolute atomic E-state index is 13.9. The fraction of sp³-hybridized carbons (Fsp3) is 0.312. The minimum atomic E-state index is -0.284. The number of amides is 1. The van der Waals surface area contributed by atoms with Gasteiger partial charge in [0.2, 0.25) is 0 Å². The van der Waals surface area contributed by atoms with E-state index in [4.69, 9.17) is 28.2 Å². The minimum Gasteiger partial charge on any atom is -0.507 e. The topological polar surface area (TPSA) is 52.9 Å². The van der Waals surface area contributed by atoms with Crippen LogP contribution in [0, 0.1) is 13.8 Å². The molecule has 0 aliphatic carbocycles. The second kappa shape index (κ2) is 10.7. The number of amidine groups is 1. The number of nitrogens with zero attached hydrogens (tertiary/aromatic N) is 2. The first-order chi connectivity index (χ1) is 18.1. The number of benzene rings is 3. The second-order valence-electron chi connectivity index (χ2n) is 12.0. The summed E-state index contributed by atoms with van der Waals surface area (Å²) in [5.41, 5.74) is 5.12. The summed E-state index contributed by atoms with van der Waals surface area (Å²) in [6.07, 6.45) is 1.88. The molecular formula is C32H34Cl2N2O2S. The molecule has 0 unspecified atom stereocenters. The molecular weight excluding hydrogens is 547 g/mol. The van der Waals surface area contributed by atoms with Crippen LogP contribution in [0.5, 0.6) is 5.75 Å². The molecule has 1 saturated heterocycles. The zero-order valence-electron chi connectivity index (χ0n) is 23.6. The van der Waals surface area contributed by atoms with E-state index >= 15 is 0 Å². The van der Waals surface area contributed by atoms with Gasteiger partial charge in [0.1, 0.15) is 5.75 Å². The van der Waals surface area contributed by atoms with Crippen molar-refractivity contribution in [2.24, 2.45) is 4.99 Å². The van der Waals surface area contributed by atoms with E-state index in [1.54, 1.807) is 17.0 Å². The van der Waals surface area contributed by atoms with Crippen molar-refractivity contribution in [1.29, 1.82) is 0 Å². The van der Waals surface area contributed by atoms with Crippen LogP contribution < -0.4 is 4.90 Å². The summed E-state index contributed by atoms with van der Waals surface area (Å²) in [5, 5.41) is 12.8. The average molecular weight is 582 g/mol. The van der Waals surface area contributed by atoms with E-state index in [1.165, 1.54) is 11.8 Å². The maximum atomic E-state index is 13.9. The predicted molar refractivity (Wildman–Crippen MR) is 168 cm³/mol. The molecule has 4 rings (SSSR count). The van der Waals surface area contributed by atoms with Crippen molar-refractivity contribution >= 4 is 63.5 Å². The first kappa shape index (κ1) is 29.3. The lowest BCUT2D eigenvalue weighted by molar-refractivity contribution is -0.113. The van der Waals surface area contributed by atoms with Gasteiger partial charge < -0.3 is 5.11 Å². The molecule has 0 saturated carbocycles. The maximum Gasteiger partial charge on any atom is 0.271 e.